The molecule has 0 bridgehead atoms. The molecule has 5 heteroatoms. The third-order valence-electron chi connectivity index (χ3n) is 10.7. The fourth-order valence-corrected chi connectivity index (χ4v) is 7.09. The van der Waals surface area contributed by atoms with E-state index in [2.05, 4.69) is 26.0 Å². The SMILES string of the molecule is CCCCCCCCCCCCCCCCCC=CCC=CCC(=O)OC[C@H](CO)OC(=O)CC=CCCCCCCCCCCCCCCCCCCC. The molecule has 1 N–H and O–H groups in total. The summed E-state index contributed by atoms with van der Waals surface area (Å²) in [6, 6.07) is 0. The smallest absolute Gasteiger partial charge is 0.310 e. The Kier molecular flexibility index (Phi) is 44.9. The molecule has 0 aromatic rings. The molecule has 0 aliphatic rings. The van der Waals surface area contributed by atoms with E-state index in [0.717, 1.165) is 25.7 Å². The van der Waals surface area contributed by atoms with Crippen LogP contribution in [0.4, 0.5) is 0 Å². The van der Waals surface area contributed by atoms with Crippen molar-refractivity contribution in [1.29, 1.82) is 0 Å². The van der Waals surface area contributed by atoms with Crippen LogP contribution in [-0.4, -0.2) is 36.4 Å². The van der Waals surface area contributed by atoms with Gasteiger partial charge >= 0.3 is 11.9 Å². The minimum atomic E-state index is -0.832. The molecule has 322 valence electrons. The van der Waals surface area contributed by atoms with Crippen molar-refractivity contribution in [2.24, 2.45) is 0 Å². The third kappa shape index (κ3) is 44.7. The van der Waals surface area contributed by atoms with Crippen LogP contribution in [-0.2, 0) is 19.1 Å². The van der Waals surface area contributed by atoms with E-state index in [1.54, 1.807) is 0 Å². The maximum absolute atomic E-state index is 12.2. The van der Waals surface area contributed by atoms with E-state index >= 15 is 0 Å². The number of esters is 2. The molecule has 0 aliphatic carbocycles. The van der Waals surface area contributed by atoms with Gasteiger partial charge in [-0.25, -0.2) is 0 Å². The van der Waals surface area contributed by atoms with Gasteiger partial charge in [-0.1, -0.05) is 243 Å². The highest BCUT2D eigenvalue weighted by atomic mass is 16.6. The van der Waals surface area contributed by atoms with Gasteiger partial charge in [0.25, 0.3) is 0 Å². The number of carbonyl (C=O) groups is 2. The largest absolute Gasteiger partial charge is 0.461 e. The Labute approximate surface area is 342 Å². The standard InChI is InChI=1S/C50H92O5/c1-3-5-7-9-11-13-15-17-19-21-23-25-27-28-30-32-34-36-38-40-42-44-49(52)54-47-48(46-51)55-50(53)45-43-41-39-37-35-33-31-29-26-24-22-20-18-16-14-12-10-8-6-4-2/h34,36,40-43,48,51H,3-33,35,37-39,44-47H2,1-2H3/t48-/m0/s1. The van der Waals surface area contributed by atoms with E-state index in [0.29, 0.717) is 0 Å². The van der Waals surface area contributed by atoms with Crippen LogP contribution in [0.1, 0.15) is 251 Å². The molecule has 0 aromatic carbocycles. The summed E-state index contributed by atoms with van der Waals surface area (Å²) < 4.78 is 10.5. The first-order valence-corrected chi connectivity index (χ1v) is 24.0. The molecule has 0 unspecified atom stereocenters. The van der Waals surface area contributed by atoms with Gasteiger partial charge in [0.15, 0.2) is 6.10 Å². The lowest BCUT2D eigenvalue weighted by Crippen LogP contribution is -2.28. The maximum atomic E-state index is 12.2. The molecule has 0 amide bonds. The molecule has 0 rings (SSSR count). The second kappa shape index (κ2) is 46.5. The maximum Gasteiger partial charge on any atom is 0.310 e. The number of hydrogen-bond donors (Lipinski definition) is 1. The van der Waals surface area contributed by atoms with E-state index < -0.39 is 12.1 Å². The number of rotatable bonds is 44. The third-order valence-corrected chi connectivity index (χ3v) is 10.7. The van der Waals surface area contributed by atoms with Gasteiger partial charge in [-0.3, -0.25) is 9.59 Å². The Bertz CT molecular complexity index is 877. The molecular formula is C50H92O5. The van der Waals surface area contributed by atoms with Crippen molar-refractivity contribution in [3.63, 3.8) is 0 Å². The van der Waals surface area contributed by atoms with Gasteiger partial charge in [-0.05, 0) is 32.1 Å². The summed E-state index contributed by atoms with van der Waals surface area (Å²) in [7, 11) is 0. The summed E-state index contributed by atoms with van der Waals surface area (Å²) in [4.78, 5) is 24.3. The van der Waals surface area contributed by atoms with Gasteiger partial charge < -0.3 is 14.6 Å². The van der Waals surface area contributed by atoms with E-state index in [9.17, 15) is 14.7 Å². The van der Waals surface area contributed by atoms with Crippen molar-refractivity contribution in [2.75, 3.05) is 13.2 Å². The fourth-order valence-electron chi connectivity index (χ4n) is 7.09. The zero-order valence-corrected chi connectivity index (χ0v) is 36.7. The predicted octanol–water partition coefficient (Wildman–Crippen LogP) is 15.6. The molecule has 1 atom stereocenters. The Morgan fingerprint density at radius 3 is 1.11 bits per heavy atom. The van der Waals surface area contributed by atoms with Crippen molar-refractivity contribution in [1.82, 2.24) is 0 Å². The van der Waals surface area contributed by atoms with Crippen LogP contribution in [0.15, 0.2) is 36.5 Å². The minimum absolute atomic E-state index is 0.128. The number of carbonyl (C=O) groups excluding carboxylic acids is 2. The molecule has 0 radical (unpaired) electrons. The van der Waals surface area contributed by atoms with Gasteiger partial charge in [-0.15, -0.1) is 0 Å². The lowest BCUT2D eigenvalue weighted by atomic mass is 10.0. The number of unbranched alkanes of at least 4 members (excludes halogenated alkanes) is 32. The lowest BCUT2D eigenvalue weighted by molar-refractivity contribution is -0.160. The molecule has 0 saturated carbocycles. The van der Waals surface area contributed by atoms with Crippen LogP contribution < -0.4 is 0 Å². The highest BCUT2D eigenvalue weighted by molar-refractivity contribution is 5.72. The topological polar surface area (TPSA) is 72.8 Å². The Morgan fingerprint density at radius 1 is 0.418 bits per heavy atom. The van der Waals surface area contributed by atoms with Crippen LogP contribution in [0.5, 0.6) is 0 Å². The van der Waals surface area contributed by atoms with E-state index in [-0.39, 0.29) is 32.0 Å². The van der Waals surface area contributed by atoms with Crippen LogP contribution in [0.25, 0.3) is 0 Å². The average molecular weight is 773 g/mol. The first-order chi connectivity index (χ1) is 27.1. The van der Waals surface area contributed by atoms with E-state index in [1.807, 2.05) is 24.3 Å². The van der Waals surface area contributed by atoms with Crippen molar-refractivity contribution >= 4 is 11.9 Å². The number of hydrogen-bond acceptors (Lipinski definition) is 5. The lowest BCUT2D eigenvalue weighted by Gasteiger charge is -2.15. The van der Waals surface area contributed by atoms with Gasteiger partial charge in [0.1, 0.15) is 6.61 Å². The quantitative estimate of drug-likeness (QED) is 0.0379. The summed E-state index contributed by atoms with van der Waals surface area (Å²) in [6.07, 6.45) is 58.5. The molecule has 0 saturated heterocycles. The normalized spacial score (nSPS) is 12.4. The zero-order valence-electron chi connectivity index (χ0n) is 36.7. The van der Waals surface area contributed by atoms with Gasteiger partial charge in [-0.2, -0.15) is 0 Å². The van der Waals surface area contributed by atoms with E-state index in [1.165, 1.54) is 199 Å². The number of aliphatic hydroxyl groups excluding tert-OH is 1. The van der Waals surface area contributed by atoms with Crippen molar-refractivity contribution < 1.29 is 24.2 Å². The summed E-state index contributed by atoms with van der Waals surface area (Å²) in [6.45, 7) is 4.06. The molecule has 0 heterocycles. The van der Waals surface area contributed by atoms with E-state index in [4.69, 9.17) is 9.47 Å². The fraction of sp³-hybridized carbons (Fsp3) is 0.840. The summed E-state index contributed by atoms with van der Waals surface area (Å²) in [5, 5.41) is 9.58. The monoisotopic (exact) mass is 773 g/mol. The zero-order chi connectivity index (χ0) is 40.0. The van der Waals surface area contributed by atoms with Crippen LogP contribution >= 0.6 is 0 Å². The number of aliphatic hydroxyl groups is 1. The molecule has 0 spiro atoms. The van der Waals surface area contributed by atoms with Crippen molar-refractivity contribution in [3.05, 3.63) is 36.5 Å². The Balaban J connectivity index is 3.58. The number of allylic oxidation sites excluding steroid dienone is 4. The van der Waals surface area contributed by atoms with Crippen molar-refractivity contribution in [2.45, 2.75) is 258 Å². The Hall–Kier alpha value is -1.88. The van der Waals surface area contributed by atoms with Gasteiger partial charge in [0.2, 0.25) is 0 Å². The summed E-state index contributed by atoms with van der Waals surface area (Å²) >= 11 is 0. The van der Waals surface area contributed by atoms with Crippen LogP contribution in [0.3, 0.4) is 0 Å². The summed E-state index contributed by atoms with van der Waals surface area (Å²) in [5.74, 6) is -0.800. The van der Waals surface area contributed by atoms with Crippen LogP contribution in [0, 0.1) is 0 Å². The van der Waals surface area contributed by atoms with Gasteiger partial charge in [0.05, 0.1) is 19.4 Å². The molecule has 0 aliphatic heterocycles. The minimum Gasteiger partial charge on any atom is -0.461 e. The summed E-state index contributed by atoms with van der Waals surface area (Å²) in [5.41, 5.74) is 0. The molecular weight excluding hydrogens is 681 g/mol. The second-order valence-corrected chi connectivity index (χ2v) is 16.2. The first-order valence-electron chi connectivity index (χ1n) is 24.0. The van der Waals surface area contributed by atoms with Crippen LogP contribution in [0.2, 0.25) is 0 Å². The number of ether oxygens (including phenoxy) is 2. The first kappa shape index (κ1) is 53.1. The second-order valence-electron chi connectivity index (χ2n) is 16.2. The molecule has 5 nitrogen and oxygen atoms in total. The molecule has 0 aromatic heterocycles. The highest BCUT2D eigenvalue weighted by Gasteiger charge is 2.15. The van der Waals surface area contributed by atoms with Gasteiger partial charge in [0, 0.05) is 0 Å². The Morgan fingerprint density at radius 2 is 0.727 bits per heavy atom. The average Bonchev–Trinajstić information content (AvgIpc) is 3.19. The molecule has 55 heavy (non-hydrogen) atoms. The predicted molar refractivity (Wildman–Crippen MR) is 238 cm³/mol. The molecule has 0 fully saturated rings. The highest BCUT2D eigenvalue weighted by Crippen LogP contribution is 2.16. The van der Waals surface area contributed by atoms with Crippen molar-refractivity contribution in [3.8, 4) is 0 Å².